The molecule has 8 nitrogen and oxygen atoms in total. The minimum Gasteiger partial charge on any atom is -0.496 e. The van der Waals surface area contributed by atoms with E-state index in [1.807, 2.05) is 0 Å². The van der Waals surface area contributed by atoms with Crippen molar-refractivity contribution in [2.24, 2.45) is 0 Å². The maximum absolute atomic E-state index is 12.3. The van der Waals surface area contributed by atoms with Gasteiger partial charge in [-0.15, -0.1) is 0 Å². The highest BCUT2D eigenvalue weighted by Gasteiger charge is 2.25. The average molecular weight is 372 g/mol. The Labute approximate surface area is 156 Å². The maximum atomic E-state index is 12.3. The summed E-state index contributed by atoms with van der Waals surface area (Å²) in [4.78, 5) is 36.4. The molecule has 0 atom stereocenters. The third-order valence-electron chi connectivity index (χ3n) is 3.88. The second kappa shape index (κ2) is 8.79. The van der Waals surface area contributed by atoms with Crippen molar-refractivity contribution in [1.29, 1.82) is 0 Å². The SMILES string of the molecule is CCOC(=O)c1ccc([N+](=O)[O-])c(N(Cc2ccccc2OC)C(C)=O)c1. The highest BCUT2D eigenvalue weighted by atomic mass is 16.6. The van der Waals surface area contributed by atoms with Gasteiger partial charge in [-0.3, -0.25) is 14.9 Å². The molecule has 0 unspecified atom stereocenters. The molecule has 0 N–H and O–H groups in total. The first kappa shape index (κ1) is 19.9. The molecule has 2 aromatic carbocycles. The van der Waals surface area contributed by atoms with Gasteiger partial charge < -0.3 is 14.4 Å². The van der Waals surface area contributed by atoms with E-state index in [1.165, 1.54) is 37.1 Å². The number of nitrogens with zero attached hydrogens (tertiary/aromatic N) is 2. The molecular formula is C19H20N2O6. The Morgan fingerprint density at radius 1 is 1.19 bits per heavy atom. The number of benzene rings is 2. The lowest BCUT2D eigenvalue weighted by molar-refractivity contribution is -0.384. The van der Waals surface area contributed by atoms with Gasteiger partial charge in [0, 0.05) is 18.6 Å². The second-order valence-corrected chi connectivity index (χ2v) is 5.60. The number of anilines is 1. The van der Waals surface area contributed by atoms with Crippen molar-refractivity contribution in [3.63, 3.8) is 0 Å². The summed E-state index contributed by atoms with van der Waals surface area (Å²) in [6.45, 7) is 3.18. The van der Waals surface area contributed by atoms with Gasteiger partial charge in [0.25, 0.3) is 5.69 Å². The van der Waals surface area contributed by atoms with Crippen molar-refractivity contribution >= 4 is 23.3 Å². The molecular weight excluding hydrogens is 352 g/mol. The molecule has 2 rings (SSSR count). The molecule has 0 bridgehead atoms. The van der Waals surface area contributed by atoms with Crippen LogP contribution in [0.3, 0.4) is 0 Å². The van der Waals surface area contributed by atoms with Crippen LogP contribution in [0, 0.1) is 10.1 Å². The Bertz CT molecular complexity index is 865. The van der Waals surface area contributed by atoms with Crippen LogP contribution in [0.2, 0.25) is 0 Å². The zero-order chi connectivity index (χ0) is 20.0. The van der Waals surface area contributed by atoms with E-state index in [2.05, 4.69) is 0 Å². The fraction of sp³-hybridized carbons (Fsp3) is 0.263. The number of esters is 1. The van der Waals surface area contributed by atoms with Crippen molar-refractivity contribution in [1.82, 2.24) is 0 Å². The molecule has 0 heterocycles. The molecule has 142 valence electrons. The van der Waals surface area contributed by atoms with Gasteiger partial charge in [0.2, 0.25) is 5.91 Å². The van der Waals surface area contributed by atoms with Crippen molar-refractivity contribution in [2.75, 3.05) is 18.6 Å². The lowest BCUT2D eigenvalue weighted by atomic mass is 10.1. The number of nitro groups is 1. The van der Waals surface area contributed by atoms with E-state index in [-0.39, 0.29) is 30.1 Å². The fourth-order valence-corrected chi connectivity index (χ4v) is 2.61. The Morgan fingerprint density at radius 3 is 2.48 bits per heavy atom. The highest BCUT2D eigenvalue weighted by molar-refractivity contribution is 5.97. The second-order valence-electron chi connectivity index (χ2n) is 5.60. The molecule has 1 amide bonds. The molecule has 0 aromatic heterocycles. The van der Waals surface area contributed by atoms with Crippen LogP contribution in [0.15, 0.2) is 42.5 Å². The maximum Gasteiger partial charge on any atom is 0.338 e. The molecule has 0 aliphatic heterocycles. The Kier molecular flexibility index (Phi) is 6.48. The number of amides is 1. The standard InChI is InChI=1S/C19H20N2O6/c1-4-27-19(23)14-9-10-16(21(24)25)17(11-14)20(13(2)22)12-15-7-5-6-8-18(15)26-3/h5-11H,4,12H2,1-3H3. The molecule has 0 fully saturated rings. The number of rotatable bonds is 7. The summed E-state index contributed by atoms with van der Waals surface area (Å²) >= 11 is 0. The third-order valence-corrected chi connectivity index (χ3v) is 3.88. The van der Waals surface area contributed by atoms with Gasteiger partial charge >= 0.3 is 5.97 Å². The van der Waals surface area contributed by atoms with Gasteiger partial charge in [-0.05, 0) is 25.1 Å². The summed E-state index contributed by atoms with van der Waals surface area (Å²) in [6, 6.07) is 10.9. The largest absolute Gasteiger partial charge is 0.496 e. The van der Waals surface area contributed by atoms with E-state index in [0.29, 0.717) is 11.3 Å². The highest BCUT2D eigenvalue weighted by Crippen LogP contribution is 2.32. The Morgan fingerprint density at radius 2 is 1.89 bits per heavy atom. The normalized spacial score (nSPS) is 10.2. The summed E-state index contributed by atoms with van der Waals surface area (Å²) in [5, 5.41) is 11.5. The summed E-state index contributed by atoms with van der Waals surface area (Å²) in [6.07, 6.45) is 0. The monoisotopic (exact) mass is 372 g/mol. The number of nitro benzene ring substituents is 1. The van der Waals surface area contributed by atoms with Crippen molar-refractivity contribution in [3.05, 3.63) is 63.7 Å². The van der Waals surface area contributed by atoms with Crippen LogP contribution in [-0.4, -0.2) is 30.5 Å². The molecule has 0 saturated carbocycles. The third kappa shape index (κ3) is 4.60. The topological polar surface area (TPSA) is 99.0 Å². The van der Waals surface area contributed by atoms with Gasteiger partial charge in [0.05, 0.1) is 30.7 Å². The summed E-state index contributed by atoms with van der Waals surface area (Å²) in [5.41, 5.74) is 0.534. The first-order chi connectivity index (χ1) is 12.9. The van der Waals surface area contributed by atoms with Gasteiger partial charge in [-0.2, -0.15) is 0 Å². The smallest absolute Gasteiger partial charge is 0.338 e. The summed E-state index contributed by atoms with van der Waals surface area (Å²) in [7, 11) is 1.50. The molecule has 27 heavy (non-hydrogen) atoms. The van der Waals surface area contributed by atoms with Gasteiger partial charge in [0.1, 0.15) is 11.4 Å². The van der Waals surface area contributed by atoms with Crippen LogP contribution < -0.4 is 9.64 Å². The molecule has 0 saturated heterocycles. The van der Waals surface area contributed by atoms with E-state index in [1.54, 1.807) is 31.2 Å². The number of para-hydroxylation sites is 1. The van der Waals surface area contributed by atoms with Crippen LogP contribution in [0.4, 0.5) is 11.4 Å². The molecule has 0 radical (unpaired) electrons. The average Bonchev–Trinajstić information content (AvgIpc) is 2.65. The van der Waals surface area contributed by atoms with E-state index in [9.17, 15) is 19.7 Å². The molecule has 0 aliphatic carbocycles. The minimum absolute atomic E-state index is 0.0176. The molecule has 0 spiro atoms. The fourth-order valence-electron chi connectivity index (χ4n) is 2.61. The minimum atomic E-state index is -0.616. The molecule has 2 aromatic rings. The zero-order valence-corrected chi connectivity index (χ0v) is 15.3. The first-order valence-electron chi connectivity index (χ1n) is 8.24. The van der Waals surface area contributed by atoms with Crippen LogP contribution in [0.25, 0.3) is 0 Å². The molecule has 0 aliphatic rings. The van der Waals surface area contributed by atoms with Crippen LogP contribution in [0.1, 0.15) is 29.8 Å². The van der Waals surface area contributed by atoms with Crippen LogP contribution in [0.5, 0.6) is 5.75 Å². The summed E-state index contributed by atoms with van der Waals surface area (Å²) < 4.78 is 10.2. The number of hydrogen-bond acceptors (Lipinski definition) is 6. The van der Waals surface area contributed by atoms with Crippen LogP contribution in [-0.2, 0) is 16.1 Å². The van der Waals surface area contributed by atoms with E-state index in [4.69, 9.17) is 9.47 Å². The van der Waals surface area contributed by atoms with E-state index >= 15 is 0 Å². The van der Waals surface area contributed by atoms with Crippen molar-refractivity contribution in [2.45, 2.75) is 20.4 Å². The predicted molar refractivity (Wildman–Crippen MR) is 98.9 cm³/mol. The number of carbonyl (C=O) groups is 2. The number of carbonyl (C=O) groups excluding carboxylic acids is 2. The van der Waals surface area contributed by atoms with Crippen molar-refractivity contribution in [3.8, 4) is 5.75 Å². The summed E-state index contributed by atoms with van der Waals surface area (Å²) in [5.74, 6) is -0.479. The number of ether oxygens (including phenoxy) is 2. The van der Waals surface area contributed by atoms with Crippen LogP contribution >= 0.6 is 0 Å². The predicted octanol–water partition coefficient (Wildman–Crippen LogP) is 3.33. The quantitative estimate of drug-likeness (QED) is 0.420. The van der Waals surface area contributed by atoms with Crippen molar-refractivity contribution < 1.29 is 24.0 Å². The van der Waals surface area contributed by atoms with E-state index in [0.717, 1.165) is 0 Å². The Balaban J connectivity index is 2.54. The van der Waals surface area contributed by atoms with E-state index < -0.39 is 16.8 Å². The lowest BCUT2D eigenvalue weighted by Gasteiger charge is -2.22. The van der Waals surface area contributed by atoms with Gasteiger partial charge in [0.15, 0.2) is 0 Å². The van der Waals surface area contributed by atoms with Gasteiger partial charge in [-0.1, -0.05) is 18.2 Å². The first-order valence-corrected chi connectivity index (χ1v) is 8.24. The number of methoxy groups -OCH3 is 1. The Hall–Kier alpha value is -3.42. The molecule has 8 heteroatoms. The lowest BCUT2D eigenvalue weighted by Crippen LogP contribution is -2.29. The van der Waals surface area contributed by atoms with Gasteiger partial charge in [-0.25, -0.2) is 4.79 Å². The number of hydrogen-bond donors (Lipinski definition) is 0. The zero-order valence-electron chi connectivity index (χ0n) is 15.3.